The van der Waals surface area contributed by atoms with Gasteiger partial charge in [-0.2, -0.15) is 0 Å². The third-order valence-electron chi connectivity index (χ3n) is 2.79. The Labute approximate surface area is 113 Å². The quantitative estimate of drug-likeness (QED) is 0.833. The lowest BCUT2D eigenvalue weighted by Gasteiger charge is -2.12. The SMILES string of the molecule is CCCNC(CC)c1nnc(C(C)S(C)(=O)=O)s1. The standard InChI is InChI=1S/C11H21N3O2S2/c1-5-7-12-9(6-2)11-14-13-10(17-11)8(3)18(4,15)16/h8-9,12H,5-7H2,1-4H3. The van der Waals surface area contributed by atoms with E-state index in [0.29, 0.717) is 5.01 Å². The average molecular weight is 291 g/mol. The van der Waals surface area contributed by atoms with Crippen LogP contribution in [0.4, 0.5) is 0 Å². The summed E-state index contributed by atoms with van der Waals surface area (Å²) < 4.78 is 23.0. The first-order valence-electron chi connectivity index (χ1n) is 6.15. The van der Waals surface area contributed by atoms with Gasteiger partial charge in [0.15, 0.2) is 9.84 Å². The summed E-state index contributed by atoms with van der Waals surface area (Å²) in [6.07, 6.45) is 3.20. The minimum absolute atomic E-state index is 0.169. The van der Waals surface area contributed by atoms with Crippen LogP contribution in [0.1, 0.15) is 54.9 Å². The molecule has 2 atom stereocenters. The first-order chi connectivity index (χ1) is 8.40. The van der Waals surface area contributed by atoms with Crippen molar-refractivity contribution >= 4 is 21.2 Å². The average Bonchev–Trinajstić information content (AvgIpc) is 2.77. The molecule has 1 aromatic rings. The van der Waals surface area contributed by atoms with Crippen molar-refractivity contribution in [2.45, 2.75) is 44.9 Å². The zero-order valence-electron chi connectivity index (χ0n) is 11.3. The van der Waals surface area contributed by atoms with E-state index >= 15 is 0 Å². The van der Waals surface area contributed by atoms with Gasteiger partial charge in [-0.05, 0) is 26.3 Å². The first-order valence-corrected chi connectivity index (χ1v) is 8.92. The highest BCUT2D eigenvalue weighted by Crippen LogP contribution is 2.28. The van der Waals surface area contributed by atoms with Crippen molar-refractivity contribution < 1.29 is 8.42 Å². The number of hydrogen-bond acceptors (Lipinski definition) is 6. The maximum atomic E-state index is 11.5. The molecule has 0 fully saturated rings. The second kappa shape index (κ2) is 6.58. The monoisotopic (exact) mass is 291 g/mol. The molecule has 0 spiro atoms. The predicted molar refractivity (Wildman–Crippen MR) is 74.5 cm³/mol. The van der Waals surface area contributed by atoms with Crippen molar-refractivity contribution in [3.63, 3.8) is 0 Å². The fraction of sp³-hybridized carbons (Fsp3) is 0.818. The minimum atomic E-state index is -3.10. The van der Waals surface area contributed by atoms with Crippen LogP contribution >= 0.6 is 11.3 Å². The zero-order chi connectivity index (χ0) is 13.8. The van der Waals surface area contributed by atoms with Crippen LogP contribution < -0.4 is 5.32 Å². The van der Waals surface area contributed by atoms with Crippen molar-refractivity contribution in [2.24, 2.45) is 0 Å². The molecule has 1 rings (SSSR count). The highest BCUT2D eigenvalue weighted by atomic mass is 32.2. The summed E-state index contributed by atoms with van der Waals surface area (Å²) in [6, 6.07) is 0.169. The Morgan fingerprint density at radius 1 is 1.28 bits per heavy atom. The number of hydrogen-bond donors (Lipinski definition) is 1. The van der Waals surface area contributed by atoms with E-state index in [0.717, 1.165) is 24.4 Å². The maximum Gasteiger partial charge on any atom is 0.156 e. The molecule has 1 aromatic heterocycles. The number of aromatic nitrogens is 2. The molecule has 0 aromatic carbocycles. The summed E-state index contributed by atoms with van der Waals surface area (Å²) in [5.41, 5.74) is 0. The smallest absolute Gasteiger partial charge is 0.156 e. The highest BCUT2D eigenvalue weighted by Gasteiger charge is 2.23. The van der Waals surface area contributed by atoms with Gasteiger partial charge in [0.25, 0.3) is 0 Å². The Balaban J connectivity index is 2.84. The number of nitrogens with zero attached hydrogens (tertiary/aromatic N) is 2. The van der Waals surface area contributed by atoms with Crippen LogP contribution in [0, 0.1) is 0 Å². The van der Waals surface area contributed by atoms with Crippen LogP contribution in [0.3, 0.4) is 0 Å². The molecule has 0 aliphatic heterocycles. The topological polar surface area (TPSA) is 72.0 Å². The minimum Gasteiger partial charge on any atom is -0.308 e. The predicted octanol–water partition coefficient (Wildman–Crippen LogP) is 2.09. The van der Waals surface area contributed by atoms with E-state index in [1.165, 1.54) is 17.6 Å². The molecular formula is C11H21N3O2S2. The largest absolute Gasteiger partial charge is 0.308 e. The van der Waals surface area contributed by atoms with Crippen molar-refractivity contribution in [1.82, 2.24) is 15.5 Å². The van der Waals surface area contributed by atoms with E-state index in [1.54, 1.807) is 6.92 Å². The van der Waals surface area contributed by atoms with Gasteiger partial charge in [-0.15, -0.1) is 10.2 Å². The summed E-state index contributed by atoms with van der Waals surface area (Å²) in [4.78, 5) is 0. The van der Waals surface area contributed by atoms with Gasteiger partial charge in [-0.3, -0.25) is 0 Å². The van der Waals surface area contributed by atoms with Crippen molar-refractivity contribution in [1.29, 1.82) is 0 Å². The molecule has 0 radical (unpaired) electrons. The molecule has 0 saturated heterocycles. The Morgan fingerprint density at radius 3 is 2.39 bits per heavy atom. The van der Waals surface area contributed by atoms with Crippen LogP contribution in [-0.4, -0.2) is 31.4 Å². The van der Waals surface area contributed by atoms with E-state index in [2.05, 4.69) is 29.4 Å². The summed E-state index contributed by atoms with van der Waals surface area (Å²) >= 11 is 1.39. The first kappa shape index (κ1) is 15.5. The summed E-state index contributed by atoms with van der Waals surface area (Å²) in [5.74, 6) is 0. The van der Waals surface area contributed by atoms with E-state index in [4.69, 9.17) is 0 Å². The van der Waals surface area contributed by atoms with Gasteiger partial charge in [-0.1, -0.05) is 25.2 Å². The lowest BCUT2D eigenvalue weighted by atomic mass is 10.2. The van der Waals surface area contributed by atoms with Crippen LogP contribution in [0.25, 0.3) is 0 Å². The number of nitrogens with one attached hydrogen (secondary N) is 1. The van der Waals surface area contributed by atoms with Crippen molar-refractivity contribution in [3.8, 4) is 0 Å². The third-order valence-corrected chi connectivity index (χ3v) is 5.67. The van der Waals surface area contributed by atoms with Gasteiger partial charge in [0.1, 0.15) is 15.3 Å². The lowest BCUT2D eigenvalue weighted by Crippen LogP contribution is -2.21. The zero-order valence-corrected chi connectivity index (χ0v) is 12.9. The number of rotatable bonds is 7. The fourth-order valence-corrected chi connectivity index (χ4v) is 3.48. The summed E-state index contributed by atoms with van der Waals surface area (Å²) in [6.45, 7) is 6.76. The second-order valence-corrected chi connectivity index (χ2v) is 7.77. The van der Waals surface area contributed by atoms with Gasteiger partial charge in [0, 0.05) is 6.26 Å². The molecule has 7 heteroatoms. The molecule has 18 heavy (non-hydrogen) atoms. The fourth-order valence-electron chi connectivity index (χ4n) is 1.46. The Hall–Kier alpha value is -0.530. The van der Waals surface area contributed by atoms with Gasteiger partial charge in [-0.25, -0.2) is 8.42 Å². The van der Waals surface area contributed by atoms with Gasteiger partial charge in [0.05, 0.1) is 6.04 Å². The molecule has 104 valence electrons. The Kier molecular flexibility index (Phi) is 5.68. The lowest BCUT2D eigenvalue weighted by molar-refractivity contribution is 0.512. The third kappa shape index (κ3) is 4.00. The number of sulfone groups is 1. The molecule has 2 unspecified atom stereocenters. The molecule has 5 nitrogen and oxygen atoms in total. The van der Waals surface area contributed by atoms with Gasteiger partial charge in [0.2, 0.25) is 0 Å². The molecule has 0 aliphatic carbocycles. The van der Waals surface area contributed by atoms with Crippen LogP contribution in [0.2, 0.25) is 0 Å². The molecular weight excluding hydrogens is 270 g/mol. The van der Waals surface area contributed by atoms with E-state index in [9.17, 15) is 8.42 Å². The van der Waals surface area contributed by atoms with E-state index < -0.39 is 15.1 Å². The van der Waals surface area contributed by atoms with Gasteiger partial charge < -0.3 is 5.32 Å². The Morgan fingerprint density at radius 2 is 1.89 bits per heavy atom. The van der Waals surface area contributed by atoms with E-state index in [1.807, 2.05) is 0 Å². The molecule has 0 aliphatic rings. The summed E-state index contributed by atoms with van der Waals surface area (Å²) in [7, 11) is -3.10. The summed E-state index contributed by atoms with van der Waals surface area (Å²) in [5, 5.41) is 12.4. The van der Waals surface area contributed by atoms with Crippen LogP contribution in [0.5, 0.6) is 0 Å². The maximum absolute atomic E-state index is 11.5. The Bertz CT molecular complexity index is 470. The molecule has 1 N–H and O–H groups in total. The van der Waals surface area contributed by atoms with E-state index in [-0.39, 0.29) is 6.04 Å². The van der Waals surface area contributed by atoms with Crippen molar-refractivity contribution in [2.75, 3.05) is 12.8 Å². The molecule has 0 saturated carbocycles. The highest BCUT2D eigenvalue weighted by molar-refractivity contribution is 7.91. The second-order valence-electron chi connectivity index (χ2n) is 4.37. The van der Waals surface area contributed by atoms with Crippen molar-refractivity contribution in [3.05, 3.63) is 10.0 Å². The molecule has 0 amide bonds. The van der Waals surface area contributed by atoms with Crippen LogP contribution in [0.15, 0.2) is 0 Å². The van der Waals surface area contributed by atoms with Crippen LogP contribution in [-0.2, 0) is 9.84 Å². The molecule has 0 bridgehead atoms. The molecule has 1 heterocycles. The normalized spacial score (nSPS) is 15.6. The van der Waals surface area contributed by atoms with Gasteiger partial charge >= 0.3 is 0 Å².